The minimum atomic E-state index is 0.478. The molecule has 0 bridgehead atoms. The maximum atomic E-state index is 5.57. The lowest BCUT2D eigenvalue weighted by atomic mass is 10.5. The molecule has 2 aromatic heterocycles. The van der Waals surface area contributed by atoms with Crippen molar-refractivity contribution in [2.24, 2.45) is 7.05 Å². The quantitative estimate of drug-likeness (QED) is 0.773. The molecule has 0 atom stereocenters. The molecule has 2 heterocycles. The van der Waals surface area contributed by atoms with Gasteiger partial charge < -0.3 is 5.73 Å². The minimum Gasteiger partial charge on any atom is -0.384 e. The fourth-order valence-corrected chi connectivity index (χ4v) is 2.10. The zero-order chi connectivity index (χ0) is 10.8. The summed E-state index contributed by atoms with van der Waals surface area (Å²) in [6.07, 6.45) is 1.46. The molecule has 2 N–H and O–H groups in total. The van der Waals surface area contributed by atoms with Crippen molar-refractivity contribution in [3.05, 3.63) is 24.2 Å². The minimum absolute atomic E-state index is 0.478. The Balaban J connectivity index is 2.25. The van der Waals surface area contributed by atoms with Crippen LogP contribution in [0.5, 0.6) is 0 Å². The molecule has 78 valence electrons. The number of nitrogens with two attached hydrogens (primary N) is 1. The average molecular weight is 221 g/mol. The molecule has 0 radical (unpaired) electrons. The molecule has 0 aliphatic rings. The van der Waals surface area contributed by atoms with E-state index in [-0.39, 0.29) is 0 Å². The molecule has 2 aromatic rings. The summed E-state index contributed by atoms with van der Waals surface area (Å²) in [5.41, 5.74) is 6.56. The maximum absolute atomic E-state index is 5.57. The van der Waals surface area contributed by atoms with Crippen LogP contribution in [0.4, 0.5) is 5.82 Å². The largest absolute Gasteiger partial charge is 0.384 e. The Morgan fingerprint density at radius 3 is 2.73 bits per heavy atom. The number of hydrogen-bond acceptors (Lipinski definition) is 5. The van der Waals surface area contributed by atoms with Crippen LogP contribution in [0.1, 0.15) is 5.69 Å². The summed E-state index contributed by atoms with van der Waals surface area (Å²) in [7, 11) is 1.90. The zero-order valence-electron chi connectivity index (χ0n) is 8.51. The van der Waals surface area contributed by atoms with Gasteiger partial charge in [-0.05, 0) is 13.0 Å². The summed E-state index contributed by atoms with van der Waals surface area (Å²) in [6, 6.07) is 3.75. The first-order valence-electron chi connectivity index (χ1n) is 4.41. The van der Waals surface area contributed by atoms with Gasteiger partial charge in [-0.15, -0.1) is 0 Å². The van der Waals surface area contributed by atoms with Crippen LogP contribution in [-0.2, 0) is 7.05 Å². The molecule has 0 saturated heterocycles. The third kappa shape index (κ3) is 2.27. The van der Waals surface area contributed by atoms with E-state index in [0.29, 0.717) is 5.82 Å². The molecule has 0 amide bonds. The van der Waals surface area contributed by atoms with Gasteiger partial charge in [-0.25, -0.2) is 9.97 Å². The SMILES string of the molecule is Cc1cc(Sc2cc(N)ncn2)n(C)n1. The van der Waals surface area contributed by atoms with Crippen LogP contribution in [0.15, 0.2) is 28.5 Å². The van der Waals surface area contributed by atoms with Crippen molar-refractivity contribution in [3.63, 3.8) is 0 Å². The lowest BCUT2D eigenvalue weighted by molar-refractivity contribution is 0.692. The summed E-state index contributed by atoms with van der Waals surface area (Å²) in [6.45, 7) is 1.96. The normalized spacial score (nSPS) is 10.5. The second-order valence-corrected chi connectivity index (χ2v) is 4.17. The number of anilines is 1. The van der Waals surface area contributed by atoms with E-state index >= 15 is 0 Å². The molecule has 0 fully saturated rings. The summed E-state index contributed by atoms with van der Waals surface area (Å²) >= 11 is 1.52. The first-order chi connectivity index (χ1) is 7.15. The van der Waals surface area contributed by atoms with E-state index in [1.54, 1.807) is 6.07 Å². The number of hydrogen-bond donors (Lipinski definition) is 1. The van der Waals surface area contributed by atoms with Gasteiger partial charge in [0.25, 0.3) is 0 Å². The van der Waals surface area contributed by atoms with Crippen molar-refractivity contribution < 1.29 is 0 Å². The number of aromatic nitrogens is 4. The highest BCUT2D eigenvalue weighted by atomic mass is 32.2. The molecule has 6 heteroatoms. The van der Waals surface area contributed by atoms with Crippen molar-refractivity contribution in [1.82, 2.24) is 19.7 Å². The highest BCUT2D eigenvalue weighted by molar-refractivity contribution is 7.99. The number of aryl methyl sites for hydroxylation is 2. The molecule has 0 unspecified atom stereocenters. The van der Waals surface area contributed by atoms with Gasteiger partial charge in [0.1, 0.15) is 22.2 Å². The maximum Gasteiger partial charge on any atom is 0.127 e. The highest BCUT2D eigenvalue weighted by Crippen LogP contribution is 2.26. The van der Waals surface area contributed by atoms with Gasteiger partial charge in [-0.3, -0.25) is 4.68 Å². The Hall–Kier alpha value is -1.56. The van der Waals surface area contributed by atoms with Gasteiger partial charge in [0.15, 0.2) is 0 Å². The Labute approximate surface area is 91.7 Å². The highest BCUT2D eigenvalue weighted by Gasteiger charge is 2.05. The van der Waals surface area contributed by atoms with Crippen LogP contribution in [0.3, 0.4) is 0 Å². The first kappa shape index (κ1) is 9.97. The summed E-state index contributed by atoms with van der Waals surface area (Å²) in [5.74, 6) is 0.478. The van der Waals surface area contributed by atoms with Gasteiger partial charge in [-0.1, -0.05) is 11.8 Å². The Morgan fingerprint density at radius 2 is 2.13 bits per heavy atom. The van der Waals surface area contributed by atoms with Crippen molar-refractivity contribution in [2.75, 3.05) is 5.73 Å². The predicted octanol–water partition coefficient (Wildman–Crippen LogP) is 1.25. The van der Waals surface area contributed by atoms with E-state index in [1.807, 2.05) is 24.7 Å². The van der Waals surface area contributed by atoms with E-state index in [9.17, 15) is 0 Å². The number of nitrogens with zero attached hydrogens (tertiary/aromatic N) is 4. The van der Waals surface area contributed by atoms with Gasteiger partial charge in [0.2, 0.25) is 0 Å². The molecular weight excluding hydrogens is 210 g/mol. The van der Waals surface area contributed by atoms with Gasteiger partial charge >= 0.3 is 0 Å². The lowest BCUT2D eigenvalue weighted by Crippen LogP contribution is -1.94. The monoisotopic (exact) mass is 221 g/mol. The number of rotatable bonds is 2. The van der Waals surface area contributed by atoms with Gasteiger partial charge in [0.05, 0.1) is 5.69 Å². The zero-order valence-corrected chi connectivity index (χ0v) is 9.32. The average Bonchev–Trinajstić information content (AvgIpc) is 2.45. The van der Waals surface area contributed by atoms with E-state index in [0.717, 1.165) is 15.7 Å². The van der Waals surface area contributed by atoms with Gasteiger partial charge in [0, 0.05) is 13.1 Å². The van der Waals surface area contributed by atoms with Crippen LogP contribution in [-0.4, -0.2) is 19.7 Å². The third-order valence-corrected chi connectivity index (χ3v) is 2.85. The Kier molecular flexibility index (Phi) is 2.59. The fourth-order valence-electron chi connectivity index (χ4n) is 1.20. The standard InChI is InChI=1S/C9H11N5S/c1-6-3-9(14(2)13-6)15-8-4-7(10)11-5-12-8/h3-5H,1-2H3,(H2,10,11,12). The topological polar surface area (TPSA) is 69.6 Å². The molecule has 0 aromatic carbocycles. The first-order valence-corrected chi connectivity index (χ1v) is 5.23. The molecular formula is C9H11N5S. The van der Waals surface area contributed by atoms with Crippen molar-refractivity contribution in [1.29, 1.82) is 0 Å². The van der Waals surface area contributed by atoms with E-state index < -0.39 is 0 Å². The predicted molar refractivity (Wildman–Crippen MR) is 58.5 cm³/mol. The summed E-state index contributed by atoms with van der Waals surface area (Å²) in [5, 5.41) is 6.11. The van der Waals surface area contributed by atoms with Crippen LogP contribution in [0.2, 0.25) is 0 Å². The van der Waals surface area contributed by atoms with Crippen LogP contribution >= 0.6 is 11.8 Å². The molecule has 0 spiro atoms. The van der Waals surface area contributed by atoms with Crippen molar-refractivity contribution in [3.8, 4) is 0 Å². The third-order valence-electron chi connectivity index (χ3n) is 1.83. The number of nitrogen functional groups attached to an aromatic ring is 1. The molecule has 15 heavy (non-hydrogen) atoms. The summed E-state index contributed by atoms with van der Waals surface area (Å²) < 4.78 is 1.82. The molecule has 0 saturated carbocycles. The van der Waals surface area contributed by atoms with Crippen molar-refractivity contribution >= 4 is 17.6 Å². The Bertz CT molecular complexity index is 479. The van der Waals surface area contributed by atoms with Gasteiger partial charge in [-0.2, -0.15) is 5.10 Å². The van der Waals surface area contributed by atoms with Crippen LogP contribution < -0.4 is 5.73 Å². The van der Waals surface area contributed by atoms with E-state index in [1.165, 1.54) is 18.1 Å². The Morgan fingerprint density at radius 1 is 1.33 bits per heavy atom. The fraction of sp³-hybridized carbons (Fsp3) is 0.222. The van der Waals surface area contributed by atoms with E-state index in [2.05, 4.69) is 15.1 Å². The van der Waals surface area contributed by atoms with Crippen LogP contribution in [0.25, 0.3) is 0 Å². The molecule has 0 aliphatic heterocycles. The molecule has 2 rings (SSSR count). The second-order valence-electron chi connectivity index (χ2n) is 3.13. The molecule has 5 nitrogen and oxygen atoms in total. The van der Waals surface area contributed by atoms with Crippen molar-refractivity contribution in [2.45, 2.75) is 17.0 Å². The molecule has 0 aliphatic carbocycles. The van der Waals surface area contributed by atoms with E-state index in [4.69, 9.17) is 5.73 Å². The van der Waals surface area contributed by atoms with Crippen LogP contribution in [0, 0.1) is 6.92 Å². The summed E-state index contributed by atoms with van der Waals surface area (Å²) in [4.78, 5) is 7.96. The smallest absolute Gasteiger partial charge is 0.127 e. The lowest BCUT2D eigenvalue weighted by Gasteiger charge is -2.00. The second kappa shape index (κ2) is 3.90.